The number of hydrogen-bond donors (Lipinski definition) is 0. The molecule has 6 heteroatoms. The van der Waals surface area contributed by atoms with Crippen LogP contribution in [-0.4, -0.2) is 41.7 Å². The number of carbonyl (C=O) groups is 1. The van der Waals surface area contributed by atoms with Crippen molar-refractivity contribution in [1.82, 2.24) is 9.88 Å². The van der Waals surface area contributed by atoms with E-state index in [2.05, 4.69) is 23.6 Å². The molecule has 1 aromatic heterocycles. The quantitative estimate of drug-likeness (QED) is 0.783. The second kappa shape index (κ2) is 6.18. The Labute approximate surface area is 123 Å². The first kappa shape index (κ1) is 15.4. The summed E-state index contributed by atoms with van der Waals surface area (Å²) in [5.41, 5.74) is -1.85. The minimum absolute atomic E-state index is 0.108. The van der Waals surface area contributed by atoms with Crippen molar-refractivity contribution in [3.8, 4) is 0 Å². The molecule has 1 aromatic rings. The SMILES string of the molecule is COC(=O)[C@@]1(F)CCN(Cc2cnc(CC(C)C)s2)C1. The van der Waals surface area contributed by atoms with Gasteiger partial charge in [0.05, 0.1) is 12.1 Å². The normalized spacial score (nSPS) is 23.4. The largest absolute Gasteiger partial charge is 0.467 e. The van der Waals surface area contributed by atoms with Crippen LogP contribution in [-0.2, 0) is 22.5 Å². The maximum atomic E-state index is 14.3. The maximum Gasteiger partial charge on any atom is 0.345 e. The van der Waals surface area contributed by atoms with E-state index in [1.54, 1.807) is 11.3 Å². The fourth-order valence-electron chi connectivity index (χ4n) is 2.42. The van der Waals surface area contributed by atoms with Crippen molar-refractivity contribution < 1.29 is 13.9 Å². The number of nitrogens with zero attached hydrogens (tertiary/aromatic N) is 2. The standard InChI is InChI=1S/C14H21FN2O2S/c1-10(2)6-12-16-7-11(20-12)8-17-5-4-14(15,9-17)13(18)19-3/h7,10H,4-6,8-9H2,1-3H3/t14-/m1/s1. The second-order valence-electron chi connectivity index (χ2n) is 5.74. The molecule has 0 saturated carbocycles. The molecule has 2 heterocycles. The Morgan fingerprint density at radius 1 is 1.65 bits per heavy atom. The molecule has 1 atom stereocenters. The van der Waals surface area contributed by atoms with Crippen LogP contribution in [0.15, 0.2) is 6.20 Å². The lowest BCUT2D eigenvalue weighted by Crippen LogP contribution is -2.37. The van der Waals surface area contributed by atoms with Crippen molar-refractivity contribution in [2.45, 2.75) is 38.9 Å². The summed E-state index contributed by atoms with van der Waals surface area (Å²) in [6.45, 7) is 5.66. The van der Waals surface area contributed by atoms with E-state index >= 15 is 0 Å². The maximum absolute atomic E-state index is 14.3. The van der Waals surface area contributed by atoms with Gasteiger partial charge in [0.2, 0.25) is 5.67 Å². The van der Waals surface area contributed by atoms with Crippen molar-refractivity contribution >= 4 is 17.3 Å². The number of thiazole rings is 1. The van der Waals surface area contributed by atoms with Gasteiger partial charge in [-0.3, -0.25) is 4.90 Å². The van der Waals surface area contributed by atoms with Crippen molar-refractivity contribution in [1.29, 1.82) is 0 Å². The lowest BCUT2D eigenvalue weighted by molar-refractivity contribution is -0.153. The van der Waals surface area contributed by atoms with Crippen LogP contribution in [0.2, 0.25) is 0 Å². The van der Waals surface area contributed by atoms with E-state index in [0.29, 0.717) is 19.0 Å². The molecule has 1 aliphatic rings. The Kier molecular flexibility index (Phi) is 4.75. The van der Waals surface area contributed by atoms with Gasteiger partial charge in [0.15, 0.2) is 0 Å². The van der Waals surface area contributed by atoms with Crippen LogP contribution < -0.4 is 0 Å². The van der Waals surface area contributed by atoms with Crippen LogP contribution in [0.3, 0.4) is 0 Å². The van der Waals surface area contributed by atoms with Crippen molar-refractivity contribution in [2.24, 2.45) is 5.92 Å². The molecule has 0 bridgehead atoms. The number of ether oxygens (including phenoxy) is 1. The van der Waals surface area contributed by atoms with Gasteiger partial charge in [-0.25, -0.2) is 14.2 Å². The molecule has 1 aliphatic heterocycles. The predicted molar refractivity (Wildman–Crippen MR) is 76.4 cm³/mol. The van der Waals surface area contributed by atoms with E-state index < -0.39 is 11.6 Å². The fourth-order valence-corrected chi connectivity index (χ4v) is 3.59. The van der Waals surface area contributed by atoms with E-state index in [1.165, 1.54) is 7.11 Å². The van der Waals surface area contributed by atoms with E-state index in [-0.39, 0.29) is 13.0 Å². The number of rotatable bonds is 5. The van der Waals surface area contributed by atoms with E-state index in [0.717, 1.165) is 16.3 Å². The molecule has 0 aliphatic carbocycles. The number of carbonyl (C=O) groups excluding carboxylic acids is 1. The van der Waals surface area contributed by atoms with Gasteiger partial charge >= 0.3 is 5.97 Å². The average molecular weight is 300 g/mol. The van der Waals surface area contributed by atoms with Gasteiger partial charge in [0.25, 0.3) is 0 Å². The van der Waals surface area contributed by atoms with Gasteiger partial charge in [-0.15, -0.1) is 11.3 Å². The molecule has 1 saturated heterocycles. The summed E-state index contributed by atoms with van der Waals surface area (Å²) in [6, 6.07) is 0. The number of methoxy groups -OCH3 is 1. The zero-order valence-electron chi connectivity index (χ0n) is 12.2. The molecular weight excluding hydrogens is 279 g/mol. The summed E-state index contributed by atoms with van der Waals surface area (Å²) in [5, 5.41) is 1.12. The molecule has 0 N–H and O–H groups in total. The van der Waals surface area contributed by atoms with Crippen LogP contribution in [0, 0.1) is 5.92 Å². The number of alkyl halides is 1. The summed E-state index contributed by atoms with van der Waals surface area (Å²) >= 11 is 1.67. The monoisotopic (exact) mass is 300 g/mol. The van der Waals surface area contributed by atoms with Gasteiger partial charge in [0.1, 0.15) is 0 Å². The summed E-state index contributed by atoms with van der Waals surface area (Å²) < 4.78 is 18.8. The van der Waals surface area contributed by atoms with Crippen molar-refractivity contribution in [3.63, 3.8) is 0 Å². The first-order chi connectivity index (χ1) is 9.43. The Morgan fingerprint density at radius 2 is 2.40 bits per heavy atom. The number of esters is 1. The lowest BCUT2D eigenvalue weighted by atomic mass is 10.1. The average Bonchev–Trinajstić information content (AvgIpc) is 2.96. The number of aromatic nitrogens is 1. The van der Waals surface area contributed by atoms with Crippen LogP contribution >= 0.6 is 11.3 Å². The molecule has 0 unspecified atom stereocenters. The molecular formula is C14H21FN2O2S. The molecule has 2 rings (SSSR count). The Balaban J connectivity index is 1.92. The number of hydrogen-bond acceptors (Lipinski definition) is 5. The third-order valence-electron chi connectivity index (χ3n) is 3.41. The van der Waals surface area contributed by atoms with Crippen molar-refractivity contribution in [3.05, 3.63) is 16.1 Å². The zero-order chi connectivity index (χ0) is 14.8. The van der Waals surface area contributed by atoms with Gasteiger partial charge in [-0.1, -0.05) is 13.8 Å². The molecule has 0 radical (unpaired) electrons. The van der Waals surface area contributed by atoms with Crippen LogP contribution in [0.25, 0.3) is 0 Å². The molecule has 112 valence electrons. The molecule has 0 spiro atoms. The van der Waals surface area contributed by atoms with Crippen molar-refractivity contribution in [2.75, 3.05) is 20.2 Å². The summed E-state index contributed by atoms with van der Waals surface area (Å²) in [5.74, 6) is -0.177. The molecule has 0 amide bonds. The minimum Gasteiger partial charge on any atom is -0.467 e. The third-order valence-corrected chi connectivity index (χ3v) is 4.42. The predicted octanol–water partition coefficient (Wildman–Crippen LogP) is 2.43. The lowest BCUT2D eigenvalue weighted by Gasteiger charge is -2.17. The highest BCUT2D eigenvalue weighted by Gasteiger charge is 2.46. The van der Waals surface area contributed by atoms with E-state index in [1.807, 2.05) is 11.1 Å². The van der Waals surface area contributed by atoms with Crippen LogP contribution in [0.4, 0.5) is 4.39 Å². The highest BCUT2D eigenvalue weighted by Crippen LogP contribution is 2.29. The third kappa shape index (κ3) is 3.55. The Hall–Kier alpha value is -1.01. The zero-order valence-corrected chi connectivity index (χ0v) is 13.0. The molecule has 4 nitrogen and oxygen atoms in total. The highest BCUT2D eigenvalue weighted by atomic mass is 32.1. The highest BCUT2D eigenvalue weighted by molar-refractivity contribution is 7.11. The van der Waals surface area contributed by atoms with Crippen LogP contribution in [0.1, 0.15) is 30.2 Å². The van der Waals surface area contributed by atoms with Gasteiger partial charge in [-0.2, -0.15) is 0 Å². The molecule has 20 heavy (non-hydrogen) atoms. The number of halogens is 1. The summed E-state index contributed by atoms with van der Waals surface area (Å²) in [6.07, 6.45) is 3.04. The molecule has 0 aromatic carbocycles. The minimum atomic E-state index is -1.85. The molecule has 1 fully saturated rings. The van der Waals surface area contributed by atoms with E-state index in [9.17, 15) is 9.18 Å². The van der Waals surface area contributed by atoms with Gasteiger partial charge < -0.3 is 4.74 Å². The first-order valence-electron chi connectivity index (χ1n) is 6.86. The topological polar surface area (TPSA) is 42.4 Å². The van der Waals surface area contributed by atoms with E-state index in [4.69, 9.17) is 0 Å². The summed E-state index contributed by atoms with van der Waals surface area (Å²) in [4.78, 5) is 18.9. The smallest absolute Gasteiger partial charge is 0.345 e. The second-order valence-corrected chi connectivity index (χ2v) is 6.94. The Morgan fingerprint density at radius 3 is 3.05 bits per heavy atom. The van der Waals surface area contributed by atoms with Gasteiger partial charge in [0, 0.05) is 43.5 Å². The first-order valence-corrected chi connectivity index (χ1v) is 7.68. The summed E-state index contributed by atoms with van der Waals surface area (Å²) in [7, 11) is 1.23. The van der Waals surface area contributed by atoms with Gasteiger partial charge in [-0.05, 0) is 5.92 Å². The number of likely N-dealkylation sites (tertiary alicyclic amines) is 1. The fraction of sp³-hybridized carbons (Fsp3) is 0.714. The van der Waals surface area contributed by atoms with Crippen LogP contribution in [0.5, 0.6) is 0 Å². The Bertz CT molecular complexity index is 477.